The molecule has 4 aromatic rings. The minimum absolute atomic E-state index is 0.0341. The van der Waals surface area contributed by atoms with Crippen LogP contribution in [0.15, 0.2) is 120 Å². The summed E-state index contributed by atoms with van der Waals surface area (Å²) in [6.07, 6.45) is 4.98. The van der Waals surface area contributed by atoms with E-state index in [1.807, 2.05) is 95.9 Å². The summed E-state index contributed by atoms with van der Waals surface area (Å²) in [4.78, 5) is 30.3. The summed E-state index contributed by atoms with van der Waals surface area (Å²) in [7, 11) is 0. The van der Waals surface area contributed by atoms with Crippen molar-refractivity contribution in [3.05, 3.63) is 142 Å². The van der Waals surface area contributed by atoms with Crippen LogP contribution in [0, 0.1) is 0 Å². The molecule has 210 valence electrons. The fraction of sp³-hybridized carbons (Fsp3) is 0.278. The lowest BCUT2D eigenvalue weighted by molar-refractivity contribution is -0.141. The zero-order valence-electron chi connectivity index (χ0n) is 23.3. The number of carbonyl (C=O) groups excluding carboxylic acids is 2. The van der Waals surface area contributed by atoms with Crippen LogP contribution in [-0.4, -0.2) is 28.8 Å². The Bertz CT molecular complexity index is 1350. The van der Waals surface area contributed by atoms with Crippen molar-refractivity contribution in [3.63, 3.8) is 0 Å². The van der Waals surface area contributed by atoms with Gasteiger partial charge in [-0.05, 0) is 47.2 Å². The van der Waals surface area contributed by atoms with E-state index >= 15 is 0 Å². The highest BCUT2D eigenvalue weighted by Gasteiger charge is 2.33. The molecule has 0 radical (unpaired) electrons. The first-order valence-electron chi connectivity index (χ1n) is 14.5. The molecule has 4 nitrogen and oxygen atoms in total. The van der Waals surface area contributed by atoms with Crippen LogP contribution in [0.4, 0.5) is 0 Å². The number of carbonyl (C=O) groups is 2. The van der Waals surface area contributed by atoms with Gasteiger partial charge in [0.25, 0.3) is 0 Å². The van der Waals surface area contributed by atoms with Crippen molar-refractivity contribution in [2.24, 2.45) is 0 Å². The van der Waals surface area contributed by atoms with Gasteiger partial charge in [0.15, 0.2) is 0 Å². The third kappa shape index (κ3) is 7.95. The normalized spacial score (nSPS) is 14.1. The predicted octanol–water partition coefficient (Wildman–Crippen LogP) is 7.67. The van der Waals surface area contributed by atoms with Crippen molar-refractivity contribution in [1.29, 1.82) is 0 Å². The second kappa shape index (κ2) is 14.3. The van der Waals surface area contributed by atoms with Crippen LogP contribution in [0.25, 0.3) is 0 Å². The van der Waals surface area contributed by atoms with E-state index < -0.39 is 6.04 Å². The van der Waals surface area contributed by atoms with Gasteiger partial charge in [-0.3, -0.25) is 9.59 Å². The first-order chi connectivity index (χ1) is 20.1. The lowest BCUT2D eigenvalue weighted by atomic mass is 9.87. The highest BCUT2D eigenvalue weighted by atomic mass is 79.9. The Morgan fingerprint density at radius 1 is 0.732 bits per heavy atom. The molecular weight excluding hydrogens is 572 g/mol. The maximum absolute atomic E-state index is 14.5. The molecule has 1 N–H and O–H groups in total. The van der Waals surface area contributed by atoms with E-state index in [-0.39, 0.29) is 30.2 Å². The quantitative estimate of drug-likeness (QED) is 0.190. The first-order valence-corrected chi connectivity index (χ1v) is 15.3. The van der Waals surface area contributed by atoms with E-state index in [0.29, 0.717) is 13.0 Å². The maximum atomic E-state index is 14.5. The minimum atomic E-state index is -0.624. The van der Waals surface area contributed by atoms with E-state index in [2.05, 4.69) is 45.5 Å². The van der Waals surface area contributed by atoms with Gasteiger partial charge in [0.2, 0.25) is 11.8 Å². The number of halogens is 1. The third-order valence-electron chi connectivity index (χ3n) is 8.02. The molecule has 4 aromatic carbocycles. The summed E-state index contributed by atoms with van der Waals surface area (Å²) in [5, 5.41) is 3.31. The molecule has 0 aromatic heterocycles. The van der Waals surface area contributed by atoms with Gasteiger partial charge in [-0.2, -0.15) is 0 Å². The molecule has 0 aliphatic heterocycles. The summed E-state index contributed by atoms with van der Waals surface area (Å²) in [5.41, 5.74) is 4.20. The Morgan fingerprint density at radius 3 is 1.83 bits per heavy atom. The standard InChI is InChI=1S/C36H37BrN2O2/c37-31-22-20-28(21-23-31)26-39(34(24-27-12-4-1-5-13-27)36(41)38-32-18-10-11-19-32)35(40)25-33(29-14-6-2-7-15-29)30-16-8-3-9-17-30/h1-9,12-17,20-23,32-34H,10-11,18-19,24-26H2,(H,38,41). The molecule has 5 heteroatoms. The summed E-state index contributed by atoms with van der Waals surface area (Å²) in [6, 6.07) is 38.0. The van der Waals surface area contributed by atoms with Gasteiger partial charge in [-0.25, -0.2) is 0 Å². The smallest absolute Gasteiger partial charge is 0.243 e. The van der Waals surface area contributed by atoms with Crippen LogP contribution in [0.5, 0.6) is 0 Å². The SMILES string of the molecule is O=C(NC1CCCC1)C(Cc1ccccc1)N(Cc1ccc(Br)cc1)C(=O)CC(c1ccccc1)c1ccccc1. The van der Waals surface area contributed by atoms with Crippen molar-refractivity contribution in [3.8, 4) is 0 Å². The highest BCUT2D eigenvalue weighted by Crippen LogP contribution is 2.30. The van der Waals surface area contributed by atoms with Gasteiger partial charge in [-0.1, -0.05) is 132 Å². The fourth-order valence-corrected chi connectivity index (χ4v) is 6.06. The summed E-state index contributed by atoms with van der Waals surface area (Å²) in [6.45, 7) is 0.359. The van der Waals surface area contributed by atoms with Gasteiger partial charge in [0.05, 0.1) is 0 Å². The molecule has 2 amide bonds. The van der Waals surface area contributed by atoms with Crippen molar-refractivity contribution in [2.45, 2.75) is 63.1 Å². The molecule has 1 atom stereocenters. The maximum Gasteiger partial charge on any atom is 0.243 e. The average Bonchev–Trinajstić information content (AvgIpc) is 3.53. The van der Waals surface area contributed by atoms with Crippen LogP contribution in [0.1, 0.15) is 60.3 Å². The van der Waals surface area contributed by atoms with Crippen LogP contribution in [-0.2, 0) is 22.6 Å². The molecule has 0 spiro atoms. The predicted molar refractivity (Wildman–Crippen MR) is 168 cm³/mol. The van der Waals surface area contributed by atoms with E-state index in [0.717, 1.165) is 52.4 Å². The third-order valence-corrected chi connectivity index (χ3v) is 8.55. The van der Waals surface area contributed by atoms with E-state index in [9.17, 15) is 9.59 Å². The second-order valence-electron chi connectivity index (χ2n) is 10.9. The lowest BCUT2D eigenvalue weighted by Gasteiger charge is -2.33. The lowest BCUT2D eigenvalue weighted by Crippen LogP contribution is -2.52. The highest BCUT2D eigenvalue weighted by molar-refractivity contribution is 9.10. The van der Waals surface area contributed by atoms with Crippen LogP contribution in [0.2, 0.25) is 0 Å². The molecule has 1 aliphatic carbocycles. The second-order valence-corrected chi connectivity index (χ2v) is 11.8. The van der Waals surface area contributed by atoms with E-state index in [1.165, 1.54) is 0 Å². The van der Waals surface area contributed by atoms with Gasteiger partial charge >= 0.3 is 0 Å². The molecule has 5 rings (SSSR count). The number of nitrogens with zero attached hydrogens (tertiary/aromatic N) is 1. The zero-order valence-corrected chi connectivity index (χ0v) is 24.9. The molecule has 0 heterocycles. The van der Waals surface area contributed by atoms with Crippen LogP contribution in [0.3, 0.4) is 0 Å². The van der Waals surface area contributed by atoms with Crippen LogP contribution >= 0.6 is 15.9 Å². The number of amides is 2. The Kier molecular flexibility index (Phi) is 10.0. The van der Waals surface area contributed by atoms with Gasteiger partial charge in [0.1, 0.15) is 6.04 Å². The molecule has 1 saturated carbocycles. The Morgan fingerprint density at radius 2 is 1.27 bits per heavy atom. The molecule has 41 heavy (non-hydrogen) atoms. The van der Waals surface area contributed by atoms with Crippen molar-refractivity contribution >= 4 is 27.7 Å². The van der Waals surface area contributed by atoms with E-state index in [4.69, 9.17) is 0 Å². The summed E-state index contributed by atoms with van der Waals surface area (Å²) in [5.74, 6) is -0.220. The van der Waals surface area contributed by atoms with Crippen molar-refractivity contribution < 1.29 is 9.59 Å². The molecule has 0 bridgehead atoms. The Hall–Kier alpha value is -3.70. The minimum Gasteiger partial charge on any atom is -0.352 e. The Labute approximate surface area is 251 Å². The fourth-order valence-electron chi connectivity index (χ4n) is 5.80. The zero-order chi connectivity index (χ0) is 28.4. The van der Waals surface area contributed by atoms with E-state index in [1.54, 1.807) is 0 Å². The molecule has 1 unspecified atom stereocenters. The monoisotopic (exact) mass is 608 g/mol. The molecular formula is C36H37BrN2O2. The van der Waals surface area contributed by atoms with Gasteiger partial charge in [0, 0.05) is 35.8 Å². The van der Waals surface area contributed by atoms with Gasteiger partial charge < -0.3 is 10.2 Å². The Balaban J connectivity index is 1.50. The first kappa shape index (κ1) is 28.8. The molecule has 1 fully saturated rings. The molecule has 1 aliphatic rings. The van der Waals surface area contributed by atoms with Gasteiger partial charge in [-0.15, -0.1) is 0 Å². The van der Waals surface area contributed by atoms with Crippen molar-refractivity contribution in [1.82, 2.24) is 10.2 Å². The molecule has 0 saturated heterocycles. The average molecular weight is 610 g/mol. The number of hydrogen-bond acceptors (Lipinski definition) is 2. The van der Waals surface area contributed by atoms with Crippen LogP contribution < -0.4 is 5.32 Å². The summed E-state index contributed by atoms with van der Waals surface area (Å²) < 4.78 is 0.979. The number of hydrogen-bond donors (Lipinski definition) is 1. The number of rotatable bonds is 11. The number of benzene rings is 4. The summed E-state index contributed by atoms with van der Waals surface area (Å²) >= 11 is 3.53. The largest absolute Gasteiger partial charge is 0.352 e. The van der Waals surface area contributed by atoms with Crippen molar-refractivity contribution in [2.75, 3.05) is 0 Å². The topological polar surface area (TPSA) is 49.4 Å². The number of nitrogens with one attached hydrogen (secondary N) is 1.